The van der Waals surface area contributed by atoms with E-state index in [9.17, 15) is 4.79 Å². The number of nitrogens with one attached hydrogen (secondary N) is 1. The topological polar surface area (TPSA) is 74.0 Å². The molecule has 0 aliphatic heterocycles. The van der Waals surface area contributed by atoms with Crippen molar-refractivity contribution in [1.82, 2.24) is 24.9 Å². The van der Waals surface area contributed by atoms with Crippen LogP contribution in [0.3, 0.4) is 0 Å². The summed E-state index contributed by atoms with van der Waals surface area (Å²) in [7, 11) is 5.40. The van der Waals surface area contributed by atoms with Gasteiger partial charge in [-0.2, -0.15) is 10.2 Å². The number of carbonyl (C=O) groups is 1. The fourth-order valence-corrected chi connectivity index (χ4v) is 2.78. The van der Waals surface area contributed by atoms with E-state index < -0.39 is 0 Å². The standard InChI is InChI=1S/C16H25N5O2/c1-11-13(12(2)20(3)19-11)6-7-16(22)18-14(10-23-5)15-8-9-17-21(15)4/h8-9,14H,6-7,10H2,1-5H3,(H,18,22)/t14-/m1/s1. The summed E-state index contributed by atoms with van der Waals surface area (Å²) in [6.07, 6.45) is 2.82. The van der Waals surface area contributed by atoms with E-state index in [4.69, 9.17) is 4.74 Å². The van der Waals surface area contributed by atoms with Gasteiger partial charge in [0.25, 0.3) is 0 Å². The molecule has 2 rings (SSSR count). The Kier molecular flexibility index (Phi) is 5.54. The first-order valence-electron chi connectivity index (χ1n) is 7.69. The molecule has 126 valence electrons. The maximum Gasteiger partial charge on any atom is 0.220 e. The van der Waals surface area contributed by atoms with Crippen LogP contribution in [0.1, 0.15) is 35.1 Å². The average molecular weight is 319 g/mol. The van der Waals surface area contributed by atoms with E-state index in [1.165, 1.54) is 0 Å². The normalized spacial score (nSPS) is 12.4. The van der Waals surface area contributed by atoms with Crippen LogP contribution >= 0.6 is 0 Å². The predicted octanol–water partition coefficient (Wildman–Crippen LogP) is 1.21. The molecule has 0 spiro atoms. The number of rotatable bonds is 7. The number of hydrogen-bond donors (Lipinski definition) is 1. The van der Waals surface area contributed by atoms with Crippen molar-refractivity contribution in [1.29, 1.82) is 0 Å². The maximum atomic E-state index is 12.3. The van der Waals surface area contributed by atoms with Gasteiger partial charge in [-0.05, 0) is 31.9 Å². The molecule has 0 saturated carbocycles. The molecule has 7 heteroatoms. The lowest BCUT2D eigenvalue weighted by Gasteiger charge is -2.18. The molecule has 0 unspecified atom stereocenters. The zero-order valence-corrected chi connectivity index (χ0v) is 14.5. The van der Waals surface area contributed by atoms with E-state index in [0.717, 1.165) is 22.6 Å². The summed E-state index contributed by atoms with van der Waals surface area (Å²) in [5, 5.41) is 11.6. The highest BCUT2D eigenvalue weighted by atomic mass is 16.5. The molecule has 2 aromatic rings. The predicted molar refractivity (Wildman–Crippen MR) is 87.0 cm³/mol. The smallest absolute Gasteiger partial charge is 0.220 e. The highest BCUT2D eigenvalue weighted by Gasteiger charge is 2.18. The fraction of sp³-hybridized carbons (Fsp3) is 0.562. The molecular formula is C16H25N5O2. The minimum absolute atomic E-state index is 0.00379. The van der Waals surface area contributed by atoms with Crippen LogP contribution in [-0.2, 0) is 30.0 Å². The fourth-order valence-electron chi connectivity index (χ4n) is 2.78. The molecule has 0 aliphatic carbocycles. The summed E-state index contributed by atoms with van der Waals surface area (Å²) in [4.78, 5) is 12.3. The zero-order chi connectivity index (χ0) is 17.0. The average Bonchev–Trinajstić information content (AvgIpc) is 3.01. The number of aryl methyl sites for hydroxylation is 3. The van der Waals surface area contributed by atoms with Gasteiger partial charge in [0.1, 0.15) is 0 Å². The summed E-state index contributed by atoms with van der Waals surface area (Å²) < 4.78 is 8.82. The molecule has 1 amide bonds. The molecule has 0 aromatic carbocycles. The van der Waals surface area contributed by atoms with Gasteiger partial charge in [-0.15, -0.1) is 0 Å². The molecule has 7 nitrogen and oxygen atoms in total. The van der Waals surface area contributed by atoms with Crippen LogP contribution in [0, 0.1) is 13.8 Å². The van der Waals surface area contributed by atoms with Crippen LogP contribution < -0.4 is 5.32 Å². The van der Waals surface area contributed by atoms with Gasteiger partial charge in [-0.25, -0.2) is 0 Å². The second-order valence-corrected chi connectivity index (χ2v) is 5.73. The highest BCUT2D eigenvalue weighted by molar-refractivity contribution is 5.76. The van der Waals surface area contributed by atoms with Crippen molar-refractivity contribution in [2.75, 3.05) is 13.7 Å². The van der Waals surface area contributed by atoms with Crippen LogP contribution in [0.15, 0.2) is 12.3 Å². The first kappa shape index (κ1) is 17.2. The van der Waals surface area contributed by atoms with E-state index in [0.29, 0.717) is 19.4 Å². The lowest BCUT2D eigenvalue weighted by atomic mass is 10.1. The molecule has 2 heterocycles. The molecule has 2 aromatic heterocycles. The quantitative estimate of drug-likeness (QED) is 0.832. The Balaban J connectivity index is 1.98. The minimum Gasteiger partial charge on any atom is -0.382 e. The first-order valence-corrected chi connectivity index (χ1v) is 7.69. The van der Waals surface area contributed by atoms with E-state index in [-0.39, 0.29) is 11.9 Å². The number of methoxy groups -OCH3 is 1. The Morgan fingerprint density at radius 2 is 2.09 bits per heavy atom. The van der Waals surface area contributed by atoms with Crippen LogP contribution in [0.5, 0.6) is 0 Å². The second-order valence-electron chi connectivity index (χ2n) is 5.73. The van der Waals surface area contributed by atoms with Gasteiger partial charge in [-0.3, -0.25) is 14.2 Å². The van der Waals surface area contributed by atoms with E-state index in [1.54, 1.807) is 18.0 Å². The summed E-state index contributed by atoms with van der Waals surface area (Å²) >= 11 is 0. The number of ether oxygens (including phenoxy) is 1. The zero-order valence-electron chi connectivity index (χ0n) is 14.5. The van der Waals surface area contributed by atoms with Crippen molar-refractivity contribution in [3.05, 3.63) is 34.9 Å². The largest absolute Gasteiger partial charge is 0.382 e. The molecule has 23 heavy (non-hydrogen) atoms. The van der Waals surface area contributed by atoms with Gasteiger partial charge < -0.3 is 10.1 Å². The summed E-state index contributed by atoms with van der Waals surface area (Å²) in [6.45, 7) is 4.41. The highest BCUT2D eigenvalue weighted by Crippen LogP contribution is 2.15. The van der Waals surface area contributed by atoms with E-state index >= 15 is 0 Å². The number of nitrogens with zero attached hydrogens (tertiary/aromatic N) is 4. The third-order valence-electron chi connectivity index (χ3n) is 4.15. The van der Waals surface area contributed by atoms with Crippen molar-refractivity contribution >= 4 is 5.91 Å². The Bertz CT molecular complexity index is 674. The minimum atomic E-state index is -0.198. The van der Waals surface area contributed by atoms with Crippen molar-refractivity contribution in [3.8, 4) is 0 Å². The van der Waals surface area contributed by atoms with Gasteiger partial charge in [0.2, 0.25) is 5.91 Å². The lowest BCUT2D eigenvalue weighted by Crippen LogP contribution is -2.32. The van der Waals surface area contributed by atoms with Crippen LogP contribution in [-0.4, -0.2) is 39.2 Å². The Labute approximate surface area is 136 Å². The molecule has 0 fully saturated rings. The molecule has 0 radical (unpaired) electrons. The van der Waals surface area contributed by atoms with Gasteiger partial charge in [-0.1, -0.05) is 0 Å². The van der Waals surface area contributed by atoms with Crippen molar-refractivity contribution in [2.45, 2.75) is 32.7 Å². The maximum absolute atomic E-state index is 12.3. The number of carbonyl (C=O) groups excluding carboxylic acids is 1. The van der Waals surface area contributed by atoms with Gasteiger partial charge >= 0.3 is 0 Å². The SMILES string of the molecule is COC[C@@H](NC(=O)CCc1c(C)nn(C)c1C)c1ccnn1C. The lowest BCUT2D eigenvalue weighted by molar-refractivity contribution is -0.122. The summed E-state index contributed by atoms with van der Waals surface area (Å²) in [5.74, 6) is -0.00379. The van der Waals surface area contributed by atoms with Crippen molar-refractivity contribution in [3.63, 3.8) is 0 Å². The third kappa shape index (κ3) is 3.98. The Morgan fingerprint density at radius 1 is 1.35 bits per heavy atom. The first-order chi connectivity index (χ1) is 10.9. The molecule has 0 aliphatic rings. The number of amides is 1. The van der Waals surface area contributed by atoms with E-state index in [2.05, 4.69) is 15.5 Å². The molecule has 0 bridgehead atoms. The summed E-state index contributed by atoms with van der Waals surface area (Å²) in [5.41, 5.74) is 4.16. The van der Waals surface area contributed by atoms with Crippen LogP contribution in [0.4, 0.5) is 0 Å². The number of hydrogen-bond acceptors (Lipinski definition) is 4. The van der Waals surface area contributed by atoms with E-state index in [1.807, 2.05) is 38.7 Å². The number of aromatic nitrogens is 4. The molecule has 0 saturated heterocycles. The van der Waals surface area contributed by atoms with Crippen molar-refractivity contribution < 1.29 is 9.53 Å². The van der Waals surface area contributed by atoms with Gasteiger partial charge in [0.05, 0.1) is 24.0 Å². The van der Waals surface area contributed by atoms with Gasteiger partial charge in [0.15, 0.2) is 0 Å². The summed E-state index contributed by atoms with van der Waals surface area (Å²) in [6, 6.07) is 1.69. The van der Waals surface area contributed by atoms with Gasteiger partial charge in [0, 0.05) is 39.5 Å². The Hall–Kier alpha value is -2.15. The molecular weight excluding hydrogens is 294 g/mol. The van der Waals surface area contributed by atoms with Crippen LogP contribution in [0.25, 0.3) is 0 Å². The Morgan fingerprint density at radius 3 is 2.61 bits per heavy atom. The second kappa shape index (κ2) is 7.41. The molecule has 1 atom stereocenters. The third-order valence-corrected chi connectivity index (χ3v) is 4.15. The molecule has 1 N–H and O–H groups in total. The van der Waals surface area contributed by atoms with Crippen LogP contribution in [0.2, 0.25) is 0 Å². The monoisotopic (exact) mass is 319 g/mol. The van der Waals surface area contributed by atoms with Crippen molar-refractivity contribution in [2.24, 2.45) is 14.1 Å².